The molecule has 0 aliphatic carbocycles. The number of rotatable bonds is 8. The third-order valence-corrected chi connectivity index (χ3v) is 0.704. The Morgan fingerprint density at radius 3 is 1.38 bits per heavy atom. The van der Waals surface area contributed by atoms with Crippen LogP contribution < -0.4 is 0 Å². The Balaban J connectivity index is 7.15. The van der Waals surface area contributed by atoms with Crippen molar-refractivity contribution in [1.82, 2.24) is 0 Å². The second-order valence-corrected chi connectivity index (χ2v) is 1.32. The smallest absolute Gasteiger partial charge is 0.304 e. The Kier molecular flexibility index (Phi) is 0.992. The fraction of sp³-hybridized carbons (Fsp3) is 1.00. The first kappa shape index (κ1) is 1.78. The van der Waals surface area contributed by atoms with Crippen molar-refractivity contribution >= 4 is 0 Å². The van der Waals surface area contributed by atoms with Crippen LogP contribution in [0.3, 0.4) is 0 Å². The molecule has 0 unspecified atom stereocenters. The van der Waals surface area contributed by atoms with Crippen molar-refractivity contribution in [2.75, 3.05) is 26.2 Å². The van der Waals surface area contributed by atoms with Crippen molar-refractivity contribution in [2.45, 2.75) is 33.6 Å². The molecule has 0 amide bonds. The maximum Gasteiger partial charge on any atom is 0.412 e. The molecule has 0 spiro atoms. The first-order valence-corrected chi connectivity index (χ1v) is 2.63. The summed E-state index contributed by atoms with van der Waals surface area (Å²) in [5.41, 5.74) is 0. The summed E-state index contributed by atoms with van der Waals surface area (Å²) < 4.78 is 162. The molecular weight excluding hydrogens is 172 g/mol. The van der Waals surface area contributed by atoms with Crippen LogP contribution in [0.1, 0.15) is 54.8 Å². The van der Waals surface area contributed by atoms with Crippen molar-refractivity contribution < 1.29 is 46.4 Å². The fourth-order valence-corrected chi connectivity index (χ4v) is 0.375. The topological polar surface area (TPSA) is 36.9 Å². The first-order valence-electron chi connectivity index (χ1n) is 12.6. The molecule has 0 fully saturated rings. The Hall–Kier alpha value is -0.160. The van der Waals surface area contributed by atoms with Gasteiger partial charge < -0.3 is 18.9 Å². The summed E-state index contributed by atoms with van der Waals surface area (Å²) in [4.78, 5) is 0. The monoisotopic (exact) mass is 212 g/mol. The van der Waals surface area contributed by atoms with E-state index in [1.165, 1.54) is 0 Å². The van der Waals surface area contributed by atoms with Crippen LogP contribution in [0.4, 0.5) is 0 Å². The van der Waals surface area contributed by atoms with Crippen LogP contribution in [0.15, 0.2) is 0 Å². The highest BCUT2D eigenvalue weighted by atomic mass is 17.0. The average molecular weight is 212 g/mol. The minimum absolute atomic E-state index is 3.90. The summed E-state index contributed by atoms with van der Waals surface area (Å²) in [6.45, 7) is -32.3. The van der Waals surface area contributed by atoms with Gasteiger partial charge in [-0.05, 0) is 27.4 Å². The van der Waals surface area contributed by atoms with Gasteiger partial charge in [0, 0.05) is 16.4 Å². The van der Waals surface area contributed by atoms with E-state index in [4.69, 9.17) is 27.4 Å². The summed E-state index contributed by atoms with van der Waals surface area (Å²) in [6.07, 6.45) is -4.68. The zero-order valence-corrected chi connectivity index (χ0v) is 6.13. The minimum atomic E-state index is -4.68. The molecule has 0 N–H and O–H groups in total. The minimum Gasteiger partial charge on any atom is -0.304 e. The van der Waals surface area contributed by atoms with Gasteiger partial charge in [0.15, 0.2) is 0 Å². The Morgan fingerprint density at radius 2 is 1.15 bits per heavy atom. The van der Waals surface area contributed by atoms with Crippen molar-refractivity contribution in [3.8, 4) is 0 Å². The predicted molar refractivity (Wildman–Crippen MR) is 49.2 cm³/mol. The lowest BCUT2D eigenvalue weighted by Gasteiger charge is -2.30. The molecule has 0 aromatic carbocycles. The van der Waals surface area contributed by atoms with Gasteiger partial charge in [-0.3, -0.25) is 0 Å². The molecule has 0 aromatic heterocycles. The summed E-state index contributed by atoms with van der Waals surface area (Å²) in [6, 6.07) is 0. The molecule has 0 aliphatic heterocycles. The van der Waals surface area contributed by atoms with Crippen LogP contribution in [0.25, 0.3) is 0 Å². The van der Waals surface area contributed by atoms with Gasteiger partial charge in [-0.15, -0.1) is 0 Å². The van der Waals surface area contributed by atoms with E-state index >= 15 is 0 Å². The standard InChI is InChI=1S/C9H20O4/c1-5-10-9(11-6-2,12-7-3)13-8-4/h5-8H2,1-4H3/i1D3,2D3,3D3,4D3,5D2,6D2,7D2,8D2. The summed E-state index contributed by atoms with van der Waals surface area (Å²) in [5, 5.41) is 0. The van der Waals surface area contributed by atoms with Crippen LogP contribution in [0, 0.1) is 0 Å². The average Bonchev–Trinajstić information content (AvgIpc) is 2.38. The van der Waals surface area contributed by atoms with Gasteiger partial charge in [-0.2, -0.15) is 0 Å². The van der Waals surface area contributed by atoms with Gasteiger partial charge in [0.25, 0.3) is 0 Å². The molecule has 0 saturated heterocycles. The van der Waals surface area contributed by atoms with E-state index in [-0.39, 0.29) is 0 Å². The molecule has 4 nitrogen and oxygen atoms in total. The maximum atomic E-state index is 7.48. The number of ether oxygens (including phenoxy) is 4. The van der Waals surface area contributed by atoms with Gasteiger partial charge in [0.05, 0.1) is 37.2 Å². The van der Waals surface area contributed by atoms with E-state index in [9.17, 15) is 0 Å². The lowest BCUT2D eigenvalue weighted by Crippen LogP contribution is -2.42. The van der Waals surface area contributed by atoms with Crippen molar-refractivity contribution in [2.24, 2.45) is 0 Å². The quantitative estimate of drug-likeness (QED) is 0.574. The van der Waals surface area contributed by atoms with E-state index in [1.54, 1.807) is 0 Å². The highest BCUT2D eigenvalue weighted by Crippen LogP contribution is 2.17. The fourth-order valence-electron chi connectivity index (χ4n) is 0.375. The Bertz CT molecular complexity index is 549. The van der Waals surface area contributed by atoms with Crippen LogP contribution in [0.5, 0.6) is 0 Å². The van der Waals surface area contributed by atoms with Crippen molar-refractivity contribution in [1.29, 1.82) is 0 Å². The van der Waals surface area contributed by atoms with Crippen LogP contribution in [-0.4, -0.2) is 32.4 Å². The zero-order valence-electron chi connectivity index (χ0n) is 26.1. The summed E-state index contributed by atoms with van der Waals surface area (Å²) >= 11 is 0. The zero-order chi connectivity index (χ0) is 27.3. The maximum absolute atomic E-state index is 7.48. The van der Waals surface area contributed by atoms with Crippen LogP contribution in [-0.2, 0) is 18.9 Å². The van der Waals surface area contributed by atoms with Gasteiger partial charge in [0.2, 0.25) is 0 Å². The lowest BCUT2D eigenvalue weighted by molar-refractivity contribution is -0.495. The highest BCUT2D eigenvalue weighted by molar-refractivity contribution is 4.40. The lowest BCUT2D eigenvalue weighted by atomic mass is 10.7. The molecule has 0 aliphatic rings. The second-order valence-electron chi connectivity index (χ2n) is 1.32. The molecule has 4 heteroatoms. The molecular formula is C9H20O4. The molecule has 13 heavy (non-hydrogen) atoms. The summed E-state index contributed by atoms with van der Waals surface area (Å²) in [5.74, 6) is 0. The van der Waals surface area contributed by atoms with E-state index < -0.39 is 59.8 Å². The predicted octanol–water partition coefficient (Wildman–Crippen LogP) is 1.74. The molecule has 0 heterocycles. The van der Waals surface area contributed by atoms with Gasteiger partial charge in [0.1, 0.15) is 0 Å². The van der Waals surface area contributed by atoms with Crippen molar-refractivity contribution in [3.05, 3.63) is 0 Å². The van der Waals surface area contributed by atoms with Gasteiger partial charge >= 0.3 is 6.16 Å². The van der Waals surface area contributed by atoms with Crippen LogP contribution >= 0.6 is 0 Å². The van der Waals surface area contributed by atoms with Crippen molar-refractivity contribution in [3.63, 3.8) is 0 Å². The third kappa shape index (κ3) is 4.57. The number of hydrogen-bond donors (Lipinski definition) is 0. The molecule has 80 valence electrons. The largest absolute Gasteiger partial charge is 0.412 e. The molecule has 0 aromatic rings. The molecule has 0 rings (SSSR count). The normalized spacial score (nSPS) is 43.1. The Labute approximate surface area is 108 Å². The molecule has 0 saturated carbocycles. The third-order valence-electron chi connectivity index (χ3n) is 0.704. The van der Waals surface area contributed by atoms with E-state index in [0.717, 1.165) is 0 Å². The SMILES string of the molecule is [2H]C([2H])([2H])C([2H])([2H])OC(OC([2H])([2H])C([2H])([2H])[2H])(OC([2H])([2H])C([2H])([2H])[2H])OC([2H])([2H])C([2H])([2H])[2H]. The van der Waals surface area contributed by atoms with Crippen LogP contribution in [0.2, 0.25) is 0 Å². The first-order chi connectivity index (χ1) is 13.8. The second kappa shape index (κ2) is 7.26. The molecule has 0 radical (unpaired) electrons. The van der Waals surface area contributed by atoms with E-state index in [2.05, 4.69) is 18.9 Å². The molecule has 0 atom stereocenters. The molecule has 0 bridgehead atoms. The van der Waals surface area contributed by atoms with E-state index in [1.807, 2.05) is 0 Å². The highest BCUT2D eigenvalue weighted by Gasteiger charge is 2.33. The summed E-state index contributed by atoms with van der Waals surface area (Å²) in [7, 11) is 0. The van der Waals surface area contributed by atoms with Gasteiger partial charge in [-0.25, -0.2) is 0 Å². The van der Waals surface area contributed by atoms with E-state index in [0.29, 0.717) is 0 Å². The Morgan fingerprint density at radius 1 is 0.846 bits per heavy atom. The van der Waals surface area contributed by atoms with Gasteiger partial charge in [-0.1, -0.05) is 0 Å². The number of hydrogen-bond acceptors (Lipinski definition) is 4.